The second-order valence-electron chi connectivity index (χ2n) is 5.12. The predicted molar refractivity (Wildman–Crippen MR) is 65.8 cm³/mol. The summed E-state index contributed by atoms with van der Waals surface area (Å²) in [4.78, 5) is 0. The Bertz CT molecular complexity index is 150. The van der Waals surface area contributed by atoms with E-state index in [0.717, 1.165) is 0 Å². The fourth-order valence-corrected chi connectivity index (χ4v) is 4.59. The van der Waals surface area contributed by atoms with Crippen LogP contribution >= 0.6 is 0 Å². The molecule has 0 unspecified atom stereocenters. The molecule has 13 heavy (non-hydrogen) atoms. The molecule has 0 atom stereocenters. The molecule has 0 bridgehead atoms. The van der Waals surface area contributed by atoms with Gasteiger partial charge >= 0.3 is 0 Å². The van der Waals surface area contributed by atoms with E-state index in [1.165, 1.54) is 18.1 Å². The van der Waals surface area contributed by atoms with Crippen molar-refractivity contribution in [1.29, 1.82) is 0 Å². The highest BCUT2D eigenvalue weighted by molar-refractivity contribution is 6.84. The van der Waals surface area contributed by atoms with Gasteiger partial charge in [-0.1, -0.05) is 71.5 Å². The largest absolute Gasteiger partial charge is 0.0976 e. The first-order chi connectivity index (χ1) is 5.89. The Hall–Kier alpha value is -0.0431. The van der Waals surface area contributed by atoms with E-state index in [4.69, 9.17) is 0 Å². The van der Waals surface area contributed by atoms with Crippen LogP contribution in [0, 0.1) is 5.41 Å². The van der Waals surface area contributed by atoms with E-state index in [-0.39, 0.29) is 0 Å². The normalized spacial score (nSPS) is 14.0. The second-order valence-corrected chi connectivity index (χ2v) is 10.3. The smallest absolute Gasteiger partial charge is 0.0766 e. The van der Waals surface area contributed by atoms with Crippen LogP contribution in [0.1, 0.15) is 41.5 Å². The maximum Gasteiger partial charge on any atom is 0.0766 e. The van der Waals surface area contributed by atoms with Gasteiger partial charge in [0, 0.05) is 0 Å². The van der Waals surface area contributed by atoms with Crippen LogP contribution < -0.4 is 0 Å². The third kappa shape index (κ3) is 4.66. The summed E-state index contributed by atoms with van der Waals surface area (Å²) < 4.78 is 0. The highest BCUT2D eigenvalue weighted by atomic mass is 28.3. The summed E-state index contributed by atoms with van der Waals surface area (Å²) in [7, 11) is -1.01. The van der Waals surface area contributed by atoms with Crippen LogP contribution in [0.2, 0.25) is 18.1 Å². The van der Waals surface area contributed by atoms with Gasteiger partial charge < -0.3 is 0 Å². The Kier molecular flexibility index (Phi) is 4.98. The molecule has 0 amide bonds. The molecule has 1 heteroatoms. The van der Waals surface area contributed by atoms with Gasteiger partial charge in [-0.05, 0) is 5.41 Å². The van der Waals surface area contributed by atoms with Crippen LogP contribution in [0.5, 0.6) is 0 Å². The second kappa shape index (κ2) is 4.99. The molecule has 0 aromatic heterocycles. The van der Waals surface area contributed by atoms with Crippen LogP contribution in [0.3, 0.4) is 0 Å². The molecule has 0 saturated carbocycles. The SMILES string of the molecule is CC[Si](/C=C/C(C)(C)C)(CC)CC. The summed E-state index contributed by atoms with van der Waals surface area (Å²) in [5.74, 6) is 0. The molecule has 0 N–H and O–H groups in total. The van der Waals surface area contributed by atoms with Crippen molar-refractivity contribution in [2.75, 3.05) is 0 Å². The molecule has 0 spiro atoms. The lowest BCUT2D eigenvalue weighted by Crippen LogP contribution is -2.29. The van der Waals surface area contributed by atoms with Gasteiger partial charge in [-0.15, -0.1) is 0 Å². The van der Waals surface area contributed by atoms with Crippen LogP contribution in [-0.4, -0.2) is 8.07 Å². The summed E-state index contributed by atoms with van der Waals surface area (Å²) in [5, 5.41) is 0. The van der Waals surface area contributed by atoms with Crippen molar-refractivity contribution in [3.63, 3.8) is 0 Å². The van der Waals surface area contributed by atoms with E-state index in [0.29, 0.717) is 5.41 Å². The van der Waals surface area contributed by atoms with Gasteiger partial charge in [-0.2, -0.15) is 0 Å². The minimum Gasteiger partial charge on any atom is -0.0976 e. The topological polar surface area (TPSA) is 0 Å². The number of rotatable bonds is 4. The lowest BCUT2D eigenvalue weighted by Gasteiger charge is -2.25. The molecule has 0 nitrogen and oxygen atoms in total. The third-order valence-corrected chi connectivity index (χ3v) is 8.15. The van der Waals surface area contributed by atoms with Crippen molar-refractivity contribution in [2.45, 2.75) is 59.7 Å². The number of allylic oxidation sites excluding steroid dienone is 1. The average Bonchev–Trinajstić information content (AvgIpc) is 2.06. The first kappa shape index (κ1) is 13.0. The van der Waals surface area contributed by atoms with E-state index in [2.05, 4.69) is 53.3 Å². The summed E-state index contributed by atoms with van der Waals surface area (Å²) in [6.45, 7) is 13.9. The summed E-state index contributed by atoms with van der Waals surface area (Å²) >= 11 is 0. The van der Waals surface area contributed by atoms with E-state index in [1.54, 1.807) is 0 Å². The van der Waals surface area contributed by atoms with Crippen molar-refractivity contribution in [3.05, 3.63) is 11.8 Å². The summed E-state index contributed by atoms with van der Waals surface area (Å²) in [5.41, 5.74) is 2.94. The van der Waals surface area contributed by atoms with Gasteiger partial charge in [-0.25, -0.2) is 0 Å². The molecule has 0 aromatic carbocycles. The Labute approximate surface area is 85.4 Å². The zero-order valence-corrected chi connectivity index (χ0v) is 11.3. The summed E-state index contributed by atoms with van der Waals surface area (Å²) in [6.07, 6.45) is 2.43. The first-order valence-corrected chi connectivity index (χ1v) is 8.29. The van der Waals surface area contributed by atoms with Crippen LogP contribution in [-0.2, 0) is 0 Å². The molecule has 0 aliphatic carbocycles. The summed E-state index contributed by atoms with van der Waals surface area (Å²) in [6, 6.07) is 4.19. The Morgan fingerprint density at radius 1 is 0.923 bits per heavy atom. The van der Waals surface area contributed by atoms with E-state index < -0.39 is 8.07 Å². The minimum absolute atomic E-state index is 0.359. The van der Waals surface area contributed by atoms with Crippen molar-refractivity contribution >= 4 is 8.07 Å². The molecule has 0 aliphatic rings. The van der Waals surface area contributed by atoms with Gasteiger partial charge in [0.1, 0.15) is 0 Å². The molecular formula is C12H26Si. The number of hydrogen-bond donors (Lipinski definition) is 0. The Balaban J connectivity index is 4.51. The lowest BCUT2D eigenvalue weighted by molar-refractivity contribution is 0.544. The molecule has 0 heterocycles. The highest BCUT2D eigenvalue weighted by Gasteiger charge is 2.23. The van der Waals surface area contributed by atoms with Crippen molar-refractivity contribution in [2.24, 2.45) is 5.41 Å². The van der Waals surface area contributed by atoms with Gasteiger partial charge in [0.2, 0.25) is 0 Å². The van der Waals surface area contributed by atoms with Gasteiger partial charge in [0.25, 0.3) is 0 Å². The molecule has 0 fully saturated rings. The van der Waals surface area contributed by atoms with E-state index in [1.807, 2.05) is 0 Å². The maximum atomic E-state index is 2.58. The Morgan fingerprint density at radius 3 is 1.54 bits per heavy atom. The van der Waals surface area contributed by atoms with Gasteiger partial charge in [0.15, 0.2) is 0 Å². The van der Waals surface area contributed by atoms with Crippen molar-refractivity contribution in [3.8, 4) is 0 Å². The zero-order valence-electron chi connectivity index (χ0n) is 10.3. The standard InChI is InChI=1S/C12H26Si/c1-7-13(8-2,9-3)11-10-12(4,5)6/h10-11H,7-9H2,1-6H3/b11-10+. The van der Waals surface area contributed by atoms with E-state index in [9.17, 15) is 0 Å². The van der Waals surface area contributed by atoms with E-state index >= 15 is 0 Å². The molecule has 0 rings (SSSR count). The molecular weight excluding hydrogens is 172 g/mol. The fraction of sp³-hybridized carbons (Fsp3) is 0.833. The quantitative estimate of drug-likeness (QED) is 0.577. The van der Waals surface area contributed by atoms with Crippen LogP contribution in [0.4, 0.5) is 0 Å². The number of hydrogen-bond acceptors (Lipinski definition) is 0. The lowest BCUT2D eigenvalue weighted by atomic mass is 9.98. The monoisotopic (exact) mass is 198 g/mol. The highest BCUT2D eigenvalue weighted by Crippen LogP contribution is 2.24. The van der Waals surface area contributed by atoms with Gasteiger partial charge in [-0.3, -0.25) is 0 Å². The molecule has 0 radical (unpaired) electrons. The molecule has 0 aliphatic heterocycles. The molecule has 0 aromatic rings. The maximum absolute atomic E-state index is 2.58. The average molecular weight is 198 g/mol. The fourth-order valence-electron chi connectivity index (χ4n) is 1.53. The van der Waals surface area contributed by atoms with Gasteiger partial charge in [0.05, 0.1) is 8.07 Å². The molecule has 78 valence electrons. The van der Waals surface area contributed by atoms with Crippen molar-refractivity contribution < 1.29 is 0 Å². The predicted octanol–water partition coefficient (Wildman–Crippen LogP) is 4.64. The van der Waals surface area contributed by atoms with Crippen molar-refractivity contribution in [1.82, 2.24) is 0 Å². The third-order valence-electron chi connectivity index (χ3n) is 3.05. The Morgan fingerprint density at radius 2 is 1.31 bits per heavy atom. The first-order valence-electron chi connectivity index (χ1n) is 5.59. The van der Waals surface area contributed by atoms with Crippen LogP contribution in [0.25, 0.3) is 0 Å². The van der Waals surface area contributed by atoms with Crippen LogP contribution in [0.15, 0.2) is 11.8 Å². The minimum atomic E-state index is -1.01. The molecule has 0 saturated heterocycles. The zero-order chi connectivity index (χ0) is 10.5.